The molecule has 1 aliphatic heterocycles. The third kappa shape index (κ3) is 5.42. The molecule has 1 heterocycles. The van der Waals surface area contributed by atoms with Crippen molar-refractivity contribution in [2.45, 2.75) is 25.7 Å². The first-order valence-electron chi connectivity index (χ1n) is 8.63. The maximum Gasteiger partial charge on any atom is 0.224 e. The number of carbonyl (C=O) groups excluding carboxylic acids is 2. The third-order valence-corrected chi connectivity index (χ3v) is 4.43. The molecule has 1 unspecified atom stereocenters. The van der Waals surface area contributed by atoms with E-state index in [1.807, 2.05) is 0 Å². The standard InChI is InChI=1S/C18H26FN3O3/c1-25-16-6-4-13(11-15(16)19)5-7-17(23)22-10-2-3-14(12-22)18(24)21-9-8-20/h4,6,11,14H,2-3,5,7-10,12,20H2,1H3,(H,21,24). The number of piperidine rings is 1. The van der Waals surface area contributed by atoms with Crippen molar-refractivity contribution in [1.29, 1.82) is 0 Å². The molecule has 1 fully saturated rings. The average Bonchev–Trinajstić information content (AvgIpc) is 2.64. The van der Waals surface area contributed by atoms with Crippen molar-refractivity contribution in [3.63, 3.8) is 0 Å². The van der Waals surface area contributed by atoms with Crippen LogP contribution in [-0.2, 0) is 16.0 Å². The monoisotopic (exact) mass is 351 g/mol. The Morgan fingerprint density at radius 3 is 2.92 bits per heavy atom. The quantitative estimate of drug-likeness (QED) is 0.770. The number of nitrogens with two attached hydrogens (primary N) is 1. The Balaban J connectivity index is 1.85. The molecule has 25 heavy (non-hydrogen) atoms. The van der Waals surface area contributed by atoms with Gasteiger partial charge in [0.1, 0.15) is 0 Å². The van der Waals surface area contributed by atoms with Gasteiger partial charge in [-0.15, -0.1) is 0 Å². The van der Waals surface area contributed by atoms with Crippen LogP contribution in [0.15, 0.2) is 18.2 Å². The summed E-state index contributed by atoms with van der Waals surface area (Å²) in [6, 6.07) is 4.72. The SMILES string of the molecule is COc1ccc(CCC(=O)N2CCCC(C(=O)NCCN)C2)cc1F. The molecule has 6 nitrogen and oxygen atoms in total. The van der Waals surface area contributed by atoms with Crippen LogP contribution in [0.3, 0.4) is 0 Å². The van der Waals surface area contributed by atoms with Gasteiger partial charge in [0.15, 0.2) is 11.6 Å². The van der Waals surface area contributed by atoms with Crippen LogP contribution in [0.1, 0.15) is 24.8 Å². The summed E-state index contributed by atoms with van der Waals surface area (Å²) in [5, 5.41) is 2.78. The lowest BCUT2D eigenvalue weighted by Crippen LogP contribution is -2.46. The molecule has 138 valence electrons. The molecule has 0 radical (unpaired) electrons. The van der Waals surface area contributed by atoms with Crippen molar-refractivity contribution in [2.24, 2.45) is 11.7 Å². The van der Waals surface area contributed by atoms with Gasteiger partial charge in [0, 0.05) is 32.6 Å². The van der Waals surface area contributed by atoms with Gasteiger partial charge < -0.3 is 20.7 Å². The van der Waals surface area contributed by atoms with E-state index in [-0.39, 0.29) is 23.5 Å². The number of methoxy groups -OCH3 is 1. The van der Waals surface area contributed by atoms with Gasteiger partial charge in [-0.05, 0) is 37.0 Å². The molecule has 1 aromatic carbocycles. The van der Waals surface area contributed by atoms with E-state index in [4.69, 9.17) is 10.5 Å². The lowest BCUT2D eigenvalue weighted by atomic mass is 9.96. The summed E-state index contributed by atoms with van der Waals surface area (Å²) in [6.45, 7) is 1.95. The van der Waals surface area contributed by atoms with Gasteiger partial charge >= 0.3 is 0 Å². The Morgan fingerprint density at radius 2 is 2.24 bits per heavy atom. The van der Waals surface area contributed by atoms with Gasteiger partial charge in [0.05, 0.1) is 13.0 Å². The summed E-state index contributed by atoms with van der Waals surface area (Å²) in [5.74, 6) is -0.463. The van der Waals surface area contributed by atoms with Crippen molar-refractivity contribution in [1.82, 2.24) is 10.2 Å². The second-order valence-electron chi connectivity index (χ2n) is 6.23. The lowest BCUT2D eigenvalue weighted by molar-refractivity contribution is -0.135. The molecule has 1 saturated heterocycles. The zero-order valence-electron chi connectivity index (χ0n) is 14.6. The van der Waals surface area contributed by atoms with Crippen LogP contribution in [0.2, 0.25) is 0 Å². The predicted octanol–water partition coefficient (Wildman–Crippen LogP) is 1.08. The first-order valence-corrected chi connectivity index (χ1v) is 8.63. The average molecular weight is 351 g/mol. The summed E-state index contributed by atoms with van der Waals surface area (Å²) < 4.78 is 18.6. The first-order chi connectivity index (χ1) is 12.0. The van der Waals surface area contributed by atoms with Crippen molar-refractivity contribution in [3.8, 4) is 5.75 Å². The Bertz CT molecular complexity index is 609. The number of aryl methyl sites for hydroxylation is 1. The normalized spacial score (nSPS) is 17.2. The third-order valence-electron chi connectivity index (χ3n) is 4.43. The van der Waals surface area contributed by atoms with Crippen molar-refractivity contribution in [2.75, 3.05) is 33.3 Å². The van der Waals surface area contributed by atoms with Gasteiger partial charge in [-0.25, -0.2) is 4.39 Å². The van der Waals surface area contributed by atoms with Gasteiger partial charge in [0.2, 0.25) is 11.8 Å². The summed E-state index contributed by atoms with van der Waals surface area (Å²) >= 11 is 0. The molecule has 0 bridgehead atoms. The molecule has 2 rings (SSSR count). The number of nitrogens with one attached hydrogen (secondary N) is 1. The van der Waals surface area contributed by atoms with E-state index < -0.39 is 5.82 Å². The summed E-state index contributed by atoms with van der Waals surface area (Å²) in [5.41, 5.74) is 6.14. The smallest absolute Gasteiger partial charge is 0.224 e. The van der Waals surface area contributed by atoms with E-state index >= 15 is 0 Å². The summed E-state index contributed by atoms with van der Waals surface area (Å²) in [4.78, 5) is 26.2. The maximum atomic E-state index is 13.7. The summed E-state index contributed by atoms with van der Waals surface area (Å²) in [7, 11) is 1.41. The number of carbonyl (C=O) groups is 2. The van der Waals surface area contributed by atoms with Crippen LogP contribution < -0.4 is 15.8 Å². The Labute approximate surface area is 147 Å². The Hall–Kier alpha value is -2.15. The Kier molecular flexibility index (Phi) is 7.18. The van der Waals surface area contributed by atoms with Crippen molar-refractivity contribution in [3.05, 3.63) is 29.6 Å². The topological polar surface area (TPSA) is 84.7 Å². The molecule has 2 amide bonds. The summed E-state index contributed by atoms with van der Waals surface area (Å²) in [6.07, 6.45) is 2.34. The Morgan fingerprint density at radius 1 is 1.44 bits per heavy atom. The highest BCUT2D eigenvalue weighted by molar-refractivity contribution is 5.81. The molecule has 1 atom stereocenters. The number of nitrogens with zero attached hydrogens (tertiary/aromatic N) is 1. The van der Waals surface area contributed by atoms with Crippen LogP contribution in [0, 0.1) is 11.7 Å². The van der Waals surface area contributed by atoms with Gasteiger partial charge in [-0.1, -0.05) is 6.07 Å². The fraction of sp³-hybridized carbons (Fsp3) is 0.556. The highest BCUT2D eigenvalue weighted by atomic mass is 19.1. The van der Waals surface area contributed by atoms with E-state index in [0.29, 0.717) is 39.0 Å². The number of hydrogen-bond donors (Lipinski definition) is 2. The van der Waals surface area contributed by atoms with Crippen molar-refractivity contribution < 1.29 is 18.7 Å². The molecule has 1 aromatic rings. The van der Waals surface area contributed by atoms with E-state index in [9.17, 15) is 14.0 Å². The van der Waals surface area contributed by atoms with Crippen LogP contribution in [0.5, 0.6) is 5.75 Å². The predicted molar refractivity (Wildman–Crippen MR) is 92.6 cm³/mol. The minimum absolute atomic E-state index is 0.00690. The zero-order valence-corrected chi connectivity index (χ0v) is 14.6. The molecule has 1 aliphatic rings. The first kappa shape index (κ1) is 19.2. The molecule has 0 aliphatic carbocycles. The second kappa shape index (κ2) is 9.36. The minimum Gasteiger partial charge on any atom is -0.494 e. The second-order valence-corrected chi connectivity index (χ2v) is 6.23. The minimum atomic E-state index is -0.429. The van der Waals surface area contributed by atoms with Gasteiger partial charge in [-0.2, -0.15) is 0 Å². The van der Waals surface area contributed by atoms with Gasteiger partial charge in [-0.3, -0.25) is 9.59 Å². The number of benzene rings is 1. The molecule has 7 heteroatoms. The van der Waals surface area contributed by atoms with E-state index in [0.717, 1.165) is 18.4 Å². The van der Waals surface area contributed by atoms with Crippen LogP contribution in [0.4, 0.5) is 4.39 Å². The van der Waals surface area contributed by atoms with Crippen LogP contribution >= 0.6 is 0 Å². The van der Waals surface area contributed by atoms with E-state index in [2.05, 4.69) is 5.32 Å². The molecule has 0 spiro atoms. The fourth-order valence-electron chi connectivity index (χ4n) is 3.03. The molecular formula is C18H26FN3O3. The maximum absolute atomic E-state index is 13.7. The molecule has 3 N–H and O–H groups in total. The highest BCUT2D eigenvalue weighted by Gasteiger charge is 2.27. The van der Waals surface area contributed by atoms with Crippen molar-refractivity contribution >= 4 is 11.8 Å². The van der Waals surface area contributed by atoms with E-state index in [1.54, 1.807) is 17.0 Å². The molecule has 0 saturated carbocycles. The molecule has 0 aromatic heterocycles. The number of halogens is 1. The van der Waals surface area contributed by atoms with Gasteiger partial charge in [0.25, 0.3) is 0 Å². The van der Waals surface area contributed by atoms with E-state index in [1.165, 1.54) is 13.2 Å². The molecular weight excluding hydrogens is 325 g/mol. The van der Waals surface area contributed by atoms with Crippen LogP contribution in [0.25, 0.3) is 0 Å². The number of likely N-dealkylation sites (tertiary alicyclic amines) is 1. The fourth-order valence-corrected chi connectivity index (χ4v) is 3.03. The number of hydrogen-bond acceptors (Lipinski definition) is 4. The number of ether oxygens (including phenoxy) is 1. The zero-order chi connectivity index (χ0) is 18.2. The lowest BCUT2D eigenvalue weighted by Gasteiger charge is -2.32. The van der Waals surface area contributed by atoms with Crippen LogP contribution in [-0.4, -0.2) is 50.0 Å². The number of rotatable bonds is 7. The highest BCUT2D eigenvalue weighted by Crippen LogP contribution is 2.20. The number of amides is 2. The largest absolute Gasteiger partial charge is 0.494 e.